The largest absolute Gasteiger partial charge is 0.469 e. The van der Waals surface area contributed by atoms with Crippen molar-refractivity contribution in [2.24, 2.45) is 5.92 Å². The fourth-order valence-electron chi connectivity index (χ4n) is 4.81. The van der Waals surface area contributed by atoms with Gasteiger partial charge < -0.3 is 24.4 Å². The Hall–Kier alpha value is -2.03. The number of ether oxygens (including phenoxy) is 2. The number of phosphoric ester groups is 1. The summed E-state index contributed by atoms with van der Waals surface area (Å²) in [5.74, 6) is -0.219. The molecule has 0 aromatic rings. The lowest BCUT2D eigenvalue weighted by Crippen LogP contribution is -2.29. The number of rotatable bonds is 32. The van der Waals surface area contributed by atoms with Crippen LogP contribution in [0.5, 0.6) is 0 Å². The van der Waals surface area contributed by atoms with Crippen LogP contribution in [-0.2, 0) is 28.2 Å². The molecule has 0 aliphatic heterocycles. The summed E-state index contributed by atoms with van der Waals surface area (Å²) in [6, 6.07) is 0. The highest BCUT2D eigenvalue weighted by Crippen LogP contribution is 2.36. The Kier molecular flexibility index (Phi) is 30.8. The fraction of sp³-hybridized carbons (Fsp3) is 0.737. The van der Waals surface area contributed by atoms with Crippen LogP contribution in [0.15, 0.2) is 48.6 Å². The highest BCUT2D eigenvalue weighted by atomic mass is 31.2. The highest BCUT2D eigenvalue weighted by Gasteiger charge is 2.22. The quantitative estimate of drug-likeness (QED) is 0.0206. The zero-order valence-corrected chi connectivity index (χ0v) is 31.0. The van der Waals surface area contributed by atoms with Gasteiger partial charge in [0.05, 0.1) is 12.7 Å². The number of phosphoric acid groups is 1. The normalized spacial score (nSPS) is 13.8. The van der Waals surface area contributed by atoms with Crippen molar-refractivity contribution >= 4 is 19.8 Å². The number of carbonyl (C=O) groups is 2. The van der Waals surface area contributed by atoms with Crippen molar-refractivity contribution in [1.29, 1.82) is 0 Å². The van der Waals surface area contributed by atoms with Gasteiger partial charge in [0.15, 0.2) is 6.10 Å². The van der Waals surface area contributed by atoms with Crippen molar-refractivity contribution < 1.29 is 43.0 Å². The van der Waals surface area contributed by atoms with Gasteiger partial charge in [-0.1, -0.05) is 140 Å². The third-order valence-electron chi connectivity index (χ3n) is 7.61. The Labute approximate surface area is 291 Å². The number of aliphatic hydroxyl groups is 1. The van der Waals surface area contributed by atoms with E-state index in [1.54, 1.807) is 6.08 Å². The third-order valence-corrected chi connectivity index (χ3v) is 8.09. The summed E-state index contributed by atoms with van der Waals surface area (Å²) in [4.78, 5) is 42.6. The summed E-state index contributed by atoms with van der Waals surface area (Å²) in [5.41, 5.74) is 0. The highest BCUT2D eigenvalue weighted by molar-refractivity contribution is 7.46. The summed E-state index contributed by atoms with van der Waals surface area (Å²) >= 11 is 0. The van der Waals surface area contributed by atoms with Crippen LogP contribution in [0.3, 0.4) is 0 Å². The van der Waals surface area contributed by atoms with Crippen molar-refractivity contribution in [3.05, 3.63) is 48.6 Å². The summed E-state index contributed by atoms with van der Waals surface area (Å²) in [5, 5.41) is 9.97. The third kappa shape index (κ3) is 35.3. The molecule has 3 N–H and O–H groups in total. The maximum atomic E-state index is 12.3. The molecule has 0 aromatic heterocycles. The van der Waals surface area contributed by atoms with Gasteiger partial charge in [-0.3, -0.25) is 14.1 Å². The van der Waals surface area contributed by atoms with Crippen molar-refractivity contribution in [3.63, 3.8) is 0 Å². The minimum atomic E-state index is -4.77. The van der Waals surface area contributed by atoms with E-state index in [-0.39, 0.29) is 19.4 Å². The lowest BCUT2D eigenvalue weighted by molar-refractivity contribution is -0.161. The van der Waals surface area contributed by atoms with Crippen LogP contribution < -0.4 is 0 Å². The van der Waals surface area contributed by atoms with Crippen molar-refractivity contribution in [1.82, 2.24) is 0 Å². The van der Waals surface area contributed by atoms with Crippen molar-refractivity contribution in [2.75, 3.05) is 13.2 Å². The summed E-state index contributed by atoms with van der Waals surface area (Å²) in [6.07, 6.45) is 33.1. The second kappa shape index (κ2) is 32.2. The molecule has 9 nitrogen and oxygen atoms in total. The molecule has 0 aromatic carbocycles. The molecule has 0 bridgehead atoms. The van der Waals surface area contributed by atoms with Crippen LogP contribution >= 0.6 is 7.82 Å². The lowest BCUT2D eigenvalue weighted by atomic mass is 10.0. The standard InChI is InChI=1S/C38H67O9P/c1-4-5-6-7-18-23-28-35(39)29-24-19-14-11-12-15-20-25-30-37(40)45-32-36(33-46-48(42,43)44)47-38(41)31-26-21-16-10-8-9-13-17-22-27-34(2)3/h12,14-15,18-19,23-24,29,34-36,39H,4-11,13,16-17,20-22,25-28,30-33H2,1-3H3,(H2,42,43,44)/b15-12-,19-14-,23-18-,29-24+/t35-,36-/m1/s1. The molecule has 0 fully saturated rings. The van der Waals surface area contributed by atoms with E-state index in [1.807, 2.05) is 36.5 Å². The first kappa shape index (κ1) is 46.0. The minimum Gasteiger partial charge on any atom is -0.462 e. The van der Waals surface area contributed by atoms with E-state index >= 15 is 0 Å². The molecule has 0 rings (SSSR count). The zero-order chi connectivity index (χ0) is 35.7. The first-order valence-corrected chi connectivity index (χ1v) is 19.9. The topological polar surface area (TPSA) is 140 Å². The maximum Gasteiger partial charge on any atom is 0.469 e. The van der Waals surface area contributed by atoms with Crippen LogP contribution in [0, 0.1) is 5.92 Å². The Balaban J connectivity index is 4.16. The molecule has 48 heavy (non-hydrogen) atoms. The Morgan fingerprint density at radius 3 is 2.00 bits per heavy atom. The van der Waals surface area contributed by atoms with Gasteiger partial charge in [0.25, 0.3) is 0 Å². The first-order valence-electron chi connectivity index (χ1n) is 18.4. The van der Waals surface area contributed by atoms with Gasteiger partial charge in [-0.05, 0) is 50.9 Å². The van der Waals surface area contributed by atoms with Crippen LogP contribution in [0.2, 0.25) is 0 Å². The summed E-state index contributed by atoms with van der Waals surface area (Å²) in [6.45, 7) is 5.80. The molecule has 278 valence electrons. The molecule has 0 aliphatic carbocycles. The van der Waals surface area contributed by atoms with Crippen molar-refractivity contribution in [3.8, 4) is 0 Å². The number of esters is 2. The number of hydrogen-bond donors (Lipinski definition) is 3. The first-order chi connectivity index (χ1) is 23.0. The molecule has 0 radical (unpaired) electrons. The zero-order valence-electron chi connectivity index (χ0n) is 30.1. The maximum absolute atomic E-state index is 12.3. The van der Waals surface area contributed by atoms with E-state index in [4.69, 9.17) is 19.3 Å². The Bertz CT molecular complexity index is 952. The molecule has 0 spiro atoms. The molecule has 10 heteroatoms. The van der Waals surface area contributed by atoms with Gasteiger partial charge in [0, 0.05) is 12.8 Å². The van der Waals surface area contributed by atoms with E-state index < -0.39 is 38.6 Å². The van der Waals surface area contributed by atoms with Crippen molar-refractivity contribution in [2.45, 2.75) is 161 Å². The minimum absolute atomic E-state index is 0.159. The van der Waals surface area contributed by atoms with Gasteiger partial charge in [-0.2, -0.15) is 0 Å². The van der Waals surface area contributed by atoms with Gasteiger partial charge >= 0.3 is 19.8 Å². The molecule has 2 atom stereocenters. The van der Waals surface area contributed by atoms with E-state index in [1.165, 1.54) is 57.8 Å². The number of unbranched alkanes of at least 4 members (excludes halogenated alkanes) is 12. The molecular weight excluding hydrogens is 631 g/mol. The van der Waals surface area contributed by atoms with E-state index in [0.29, 0.717) is 25.7 Å². The van der Waals surface area contributed by atoms with Gasteiger partial charge in [0.2, 0.25) is 0 Å². The summed E-state index contributed by atoms with van der Waals surface area (Å²) < 4.78 is 26.2. The monoisotopic (exact) mass is 698 g/mol. The second-order valence-corrected chi connectivity index (χ2v) is 14.1. The summed E-state index contributed by atoms with van der Waals surface area (Å²) in [7, 11) is -4.77. The number of hydrogen-bond acceptors (Lipinski definition) is 7. The average molecular weight is 699 g/mol. The van der Waals surface area contributed by atoms with Crippen LogP contribution in [-0.4, -0.2) is 52.3 Å². The van der Waals surface area contributed by atoms with Crippen LogP contribution in [0.1, 0.15) is 149 Å². The predicted molar refractivity (Wildman–Crippen MR) is 194 cm³/mol. The van der Waals surface area contributed by atoms with E-state index in [9.17, 15) is 19.3 Å². The number of allylic oxidation sites excluding steroid dienone is 6. The van der Waals surface area contributed by atoms with Crippen LogP contribution in [0.25, 0.3) is 0 Å². The van der Waals surface area contributed by atoms with Gasteiger partial charge in [0.1, 0.15) is 6.61 Å². The average Bonchev–Trinajstić information content (AvgIpc) is 3.03. The molecule has 0 amide bonds. The molecule has 0 heterocycles. The second-order valence-electron chi connectivity index (χ2n) is 12.9. The molecular formula is C38H67O9P. The Morgan fingerprint density at radius 1 is 0.708 bits per heavy atom. The lowest BCUT2D eigenvalue weighted by Gasteiger charge is -2.18. The SMILES string of the molecule is CCCCC/C=C\C[C@@H](O)/C=C/C=C\C/C=C\CCCC(=O)OC[C@H](COP(=O)(O)O)OC(=O)CCCCCCCCCCCC(C)C. The van der Waals surface area contributed by atoms with Crippen LogP contribution in [0.4, 0.5) is 0 Å². The molecule has 0 aliphatic rings. The van der Waals surface area contributed by atoms with Gasteiger partial charge in [-0.25, -0.2) is 4.57 Å². The van der Waals surface area contributed by atoms with Gasteiger partial charge in [-0.15, -0.1) is 0 Å². The van der Waals surface area contributed by atoms with E-state index in [0.717, 1.165) is 38.0 Å². The predicted octanol–water partition coefficient (Wildman–Crippen LogP) is 9.61. The molecule has 0 saturated heterocycles. The number of carbonyl (C=O) groups excluding carboxylic acids is 2. The Morgan fingerprint density at radius 2 is 1.33 bits per heavy atom. The molecule has 0 unspecified atom stereocenters. The number of aliphatic hydroxyl groups excluding tert-OH is 1. The van der Waals surface area contributed by atoms with E-state index in [2.05, 4.69) is 31.4 Å². The fourth-order valence-corrected chi connectivity index (χ4v) is 5.17. The smallest absolute Gasteiger partial charge is 0.462 e. The molecule has 0 saturated carbocycles.